The van der Waals surface area contributed by atoms with Gasteiger partial charge in [-0.05, 0) is 112 Å². The maximum Gasteiger partial charge on any atom is 0.252 e. The average Bonchev–Trinajstić information content (AvgIpc) is 3.35. The Balaban J connectivity index is 1.13. The zero-order chi connectivity index (χ0) is 28.7. The van der Waals surface area contributed by atoms with Crippen LogP contribution in [0.2, 0.25) is 0 Å². The Morgan fingerprint density at radius 2 is 1.95 bits per heavy atom. The average molecular weight is 581 g/mol. The molecule has 6 nitrogen and oxygen atoms in total. The fourth-order valence-electron chi connectivity index (χ4n) is 6.50. The summed E-state index contributed by atoms with van der Waals surface area (Å²) in [4.78, 5) is 23.4. The molecule has 2 N–H and O–H groups in total. The van der Waals surface area contributed by atoms with Gasteiger partial charge in [0.05, 0.1) is 11.1 Å². The molecule has 2 saturated carbocycles. The standard InChI is InChI=1S/C35H40N4O2S/c1-23-9-10-27(41-22-26-13-17-39(26)2)20-30(23)34(40)38-35(14-15-35)31-18-24(19-32-29(31)8-5-16-36-32)33-12-11-28(42-33)21-37-25-6-3-4-7-25/h5,8-12,16,18-20,25-26,37H,3-4,6-7,13-15,17,21-22H2,1-2H3,(H,38,40). The van der Waals surface area contributed by atoms with Crippen LogP contribution in [0.3, 0.4) is 0 Å². The molecule has 2 aliphatic carbocycles. The molecule has 3 heterocycles. The third-order valence-electron chi connectivity index (χ3n) is 9.54. The van der Waals surface area contributed by atoms with Crippen LogP contribution in [0.15, 0.2) is 60.8 Å². The number of pyridine rings is 1. The minimum Gasteiger partial charge on any atom is -0.492 e. The van der Waals surface area contributed by atoms with E-state index in [-0.39, 0.29) is 5.91 Å². The summed E-state index contributed by atoms with van der Waals surface area (Å²) < 4.78 is 6.09. The number of hydrogen-bond donors (Lipinski definition) is 2. The molecule has 4 aromatic rings. The van der Waals surface area contributed by atoms with Crippen LogP contribution >= 0.6 is 11.3 Å². The highest BCUT2D eigenvalue weighted by atomic mass is 32.1. The van der Waals surface area contributed by atoms with Gasteiger partial charge in [0.15, 0.2) is 0 Å². The van der Waals surface area contributed by atoms with E-state index in [4.69, 9.17) is 9.72 Å². The number of nitrogens with one attached hydrogen (secondary N) is 2. The second-order valence-corrected chi connectivity index (χ2v) is 13.6. The first kappa shape index (κ1) is 27.6. The van der Waals surface area contributed by atoms with Gasteiger partial charge in [-0.2, -0.15) is 0 Å². The van der Waals surface area contributed by atoms with Gasteiger partial charge in [-0.1, -0.05) is 25.0 Å². The van der Waals surface area contributed by atoms with Crippen molar-refractivity contribution in [3.8, 4) is 16.2 Å². The lowest BCUT2D eigenvalue weighted by molar-refractivity contribution is 0.0767. The van der Waals surface area contributed by atoms with Crippen molar-refractivity contribution in [1.29, 1.82) is 0 Å². The van der Waals surface area contributed by atoms with E-state index >= 15 is 0 Å². The number of fused-ring (bicyclic) bond motifs is 1. The van der Waals surface area contributed by atoms with Gasteiger partial charge in [0, 0.05) is 45.5 Å². The van der Waals surface area contributed by atoms with Gasteiger partial charge in [0.1, 0.15) is 12.4 Å². The Kier molecular flexibility index (Phi) is 7.51. The number of hydrogen-bond acceptors (Lipinski definition) is 6. The quantitative estimate of drug-likeness (QED) is 0.216. The zero-order valence-electron chi connectivity index (χ0n) is 24.6. The summed E-state index contributed by atoms with van der Waals surface area (Å²) in [5.74, 6) is 0.707. The van der Waals surface area contributed by atoms with E-state index in [9.17, 15) is 4.79 Å². The van der Waals surface area contributed by atoms with Crippen molar-refractivity contribution in [3.63, 3.8) is 0 Å². The van der Waals surface area contributed by atoms with Crippen molar-refractivity contribution in [2.45, 2.75) is 76.0 Å². The van der Waals surface area contributed by atoms with Crippen LogP contribution in [0.1, 0.15) is 71.3 Å². The number of likely N-dealkylation sites (N-methyl/N-ethyl adjacent to an activating group) is 1. The number of carbonyl (C=O) groups excluding carboxylic acids is 1. The minimum atomic E-state index is -0.392. The number of nitrogens with zero attached hydrogens (tertiary/aromatic N) is 2. The van der Waals surface area contributed by atoms with Gasteiger partial charge < -0.3 is 15.4 Å². The third-order valence-corrected chi connectivity index (χ3v) is 10.7. The summed E-state index contributed by atoms with van der Waals surface area (Å²) in [7, 11) is 2.13. The second kappa shape index (κ2) is 11.4. The molecular weight excluding hydrogens is 540 g/mol. The Hall–Kier alpha value is -3.26. The number of carbonyl (C=O) groups is 1. The molecular formula is C35H40N4O2S. The summed E-state index contributed by atoms with van der Waals surface area (Å²) in [5, 5.41) is 8.31. The molecule has 2 aromatic heterocycles. The second-order valence-electron chi connectivity index (χ2n) is 12.5. The molecule has 1 saturated heterocycles. The number of aromatic nitrogens is 1. The van der Waals surface area contributed by atoms with Gasteiger partial charge in [0.25, 0.3) is 5.91 Å². The zero-order valence-corrected chi connectivity index (χ0v) is 25.4. The van der Waals surface area contributed by atoms with Crippen LogP contribution in [0, 0.1) is 6.92 Å². The molecule has 1 unspecified atom stereocenters. The molecule has 0 spiro atoms. The van der Waals surface area contributed by atoms with E-state index in [1.807, 2.05) is 48.7 Å². The van der Waals surface area contributed by atoms with E-state index in [1.165, 1.54) is 41.0 Å². The highest BCUT2D eigenvalue weighted by molar-refractivity contribution is 7.15. The van der Waals surface area contributed by atoms with Crippen LogP contribution in [0.5, 0.6) is 5.75 Å². The van der Waals surface area contributed by atoms with Crippen molar-refractivity contribution >= 4 is 28.1 Å². The van der Waals surface area contributed by atoms with Crippen molar-refractivity contribution < 1.29 is 9.53 Å². The van der Waals surface area contributed by atoms with Crippen LogP contribution in [0.4, 0.5) is 0 Å². The highest BCUT2D eigenvalue weighted by Gasteiger charge is 2.47. The maximum absolute atomic E-state index is 13.8. The molecule has 2 aromatic carbocycles. The number of amides is 1. The number of benzene rings is 2. The van der Waals surface area contributed by atoms with Crippen LogP contribution in [-0.2, 0) is 12.1 Å². The van der Waals surface area contributed by atoms with Crippen molar-refractivity contribution in [1.82, 2.24) is 20.5 Å². The smallest absolute Gasteiger partial charge is 0.252 e. The number of thiophene rings is 1. The molecule has 0 radical (unpaired) electrons. The molecule has 1 atom stereocenters. The topological polar surface area (TPSA) is 66.5 Å². The molecule has 7 heteroatoms. The first-order chi connectivity index (χ1) is 20.5. The molecule has 7 rings (SSSR count). The maximum atomic E-state index is 13.8. The van der Waals surface area contributed by atoms with E-state index in [0.717, 1.165) is 60.1 Å². The Labute approximate surface area is 252 Å². The lowest BCUT2D eigenvalue weighted by Gasteiger charge is -2.37. The molecule has 1 aliphatic heterocycles. The van der Waals surface area contributed by atoms with Gasteiger partial charge in [-0.15, -0.1) is 11.3 Å². The SMILES string of the molecule is Cc1ccc(OCC2CCN2C)cc1C(=O)NC1(c2cc(-c3ccc(CNC4CCCC4)s3)cc3ncccc23)CC1. The normalized spacial score (nSPS) is 20.0. The van der Waals surface area contributed by atoms with Gasteiger partial charge in [-0.3, -0.25) is 14.7 Å². The molecule has 218 valence electrons. The van der Waals surface area contributed by atoms with Crippen molar-refractivity contribution in [2.24, 2.45) is 0 Å². The molecule has 0 bridgehead atoms. The number of rotatable bonds is 10. The third kappa shape index (κ3) is 5.58. The predicted molar refractivity (Wildman–Crippen MR) is 170 cm³/mol. The van der Waals surface area contributed by atoms with Crippen molar-refractivity contribution in [3.05, 3.63) is 82.4 Å². The van der Waals surface area contributed by atoms with Gasteiger partial charge >= 0.3 is 0 Å². The van der Waals surface area contributed by atoms with Gasteiger partial charge in [-0.25, -0.2) is 0 Å². The van der Waals surface area contributed by atoms with Crippen LogP contribution < -0.4 is 15.4 Å². The fraction of sp³-hybridized carbons (Fsp3) is 0.429. The van der Waals surface area contributed by atoms with Crippen LogP contribution in [-0.4, -0.2) is 48.1 Å². The molecule has 1 amide bonds. The Morgan fingerprint density at radius 3 is 2.71 bits per heavy atom. The summed E-state index contributed by atoms with van der Waals surface area (Å²) >= 11 is 1.85. The fourth-order valence-corrected chi connectivity index (χ4v) is 7.45. The summed E-state index contributed by atoms with van der Waals surface area (Å²) in [6.07, 6.45) is 10.1. The number of aryl methyl sites for hydroxylation is 1. The lowest BCUT2D eigenvalue weighted by Crippen LogP contribution is -2.48. The monoisotopic (exact) mass is 580 g/mol. The summed E-state index contributed by atoms with van der Waals surface area (Å²) in [6, 6.07) is 20.1. The predicted octanol–water partition coefficient (Wildman–Crippen LogP) is 6.81. The van der Waals surface area contributed by atoms with E-state index in [1.54, 1.807) is 0 Å². The lowest BCUT2D eigenvalue weighted by atomic mass is 9.95. The molecule has 3 aliphatic rings. The van der Waals surface area contributed by atoms with Crippen LogP contribution in [0.25, 0.3) is 21.3 Å². The molecule has 3 fully saturated rings. The number of ether oxygens (including phenoxy) is 1. The van der Waals surface area contributed by atoms with E-state index in [0.29, 0.717) is 24.3 Å². The molecule has 42 heavy (non-hydrogen) atoms. The van der Waals surface area contributed by atoms with Crippen molar-refractivity contribution in [2.75, 3.05) is 20.2 Å². The van der Waals surface area contributed by atoms with Gasteiger partial charge in [0.2, 0.25) is 0 Å². The Morgan fingerprint density at radius 1 is 1.10 bits per heavy atom. The first-order valence-electron chi connectivity index (χ1n) is 15.5. The number of likely N-dealkylation sites (tertiary alicyclic amines) is 1. The van der Waals surface area contributed by atoms with E-state index in [2.05, 4.69) is 52.9 Å². The minimum absolute atomic E-state index is 0.0462. The largest absolute Gasteiger partial charge is 0.492 e. The summed E-state index contributed by atoms with van der Waals surface area (Å²) in [6.45, 7) is 4.69. The highest BCUT2D eigenvalue weighted by Crippen LogP contribution is 2.49. The first-order valence-corrected chi connectivity index (χ1v) is 16.3. The van der Waals surface area contributed by atoms with E-state index < -0.39 is 5.54 Å². The Bertz CT molecular complexity index is 1600. The summed E-state index contributed by atoms with van der Waals surface area (Å²) in [5.41, 5.74) is 4.54.